The molecule has 3 aromatic rings. The van der Waals surface area contributed by atoms with Crippen LogP contribution in [0.1, 0.15) is 43.3 Å². The van der Waals surface area contributed by atoms with Crippen molar-refractivity contribution in [1.82, 2.24) is 4.57 Å². The van der Waals surface area contributed by atoms with Gasteiger partial charge >= 0.3 is 5.97 Å². The van der Waals surface area contributed by atoms with Crippen molar-refractivity contribution in [3.05, 3.63) is 99.9 Å². The molecule has 0 saturated carbocycles. The molecule has 1 heterocycles. The van der Waals surface area contributed by atoms with Crippen LogP contribution in [0.25, 0.3) is 11.3 Å². The van der Waals surface area contributed by atoms with Gasteiger partial charge in [0, 0.05) is 28.3 Å². The van der Waals surface area contributed by atoms with Crippen molar-refractivity contribution in [2.75, 3.05) is 5.32 Å². The molecule has 5 heteroatoms. The van der Waals surface area contributed by atoms with Gasteiger partial charge in [0.25, 0.3) is 5.91 Å². The minimum absolute atomic E-state index is 0.0184. The number of aliphatic carboxylic acids is 1. The summed E-state index contributed by atoms with van der Waals surface area (Å²) in [5.41, 5.74) is 6.91. The summed E-state index contributed by atoms with van der Waals surface area (Å²) in [6, 6.07) is 19.1. The first kappa shape index (κ1) is 23.8. The van der Waals surface area contributed by atoms with Gasteiger partial charge in [0.05, 0.1) is 11.1 Å². The monoisotopic (exact) mass is 442 g/mol. The Bertz CT molecular complexity index is 1260. The molecule has 2 N–H and O–H groups in total. The highest BCUT2D eigenvalue weighted by Gasteiger charge is 2.28. The Labute approximate surface area is 195 Å². The average Bonchev–Trinajstić information content (AvgIpc) is 3.00. The molecule has 3 rings (SSSR count). The molecule has 33 heavy (non-hydrogen) atoms. The van der Waals surface area contributed by atoms with Crippen LogP contribution >= 0.6 is 0 Å². The van der Waals surface area contributed by atoms with Gasteiger partial charge in [-0.2, -0.15) is 0 Å². The maximum atomic E-state index is 13.5. The largest absolute Gasteiger partial charge is 0.478 e. The fraction of sp³-hybridized carbons (Fsp3) is 0.214. The van der Waals surface area contributed by atoms with E-state index in [9.17, 15) is 14.7 Å². The van der Waals surface area contributed by atoms with Crippen molar-refractivity contribution in [3.63, 3.8) is 0 Å². The Kier molecular flexibility index (Phi) is 7.02. The third-order valence-electron chi connectivity index (χ3n) is 5.94. The van der Waals surface area contributed by atoms with E-state index in [1.807, 2.05) is 76.2 Å². The molecule has 0 fully saturated rings. The molecule has 0 atom stereocenters. The molecular formula is C28H30N2O3. The molecule has 0 radical (unpaired) electrons. The third kappa shape index (κ3) is 4.67. The number of carboxylic acid groups (broad SMARTS) is 1. The van der Waals surface area contributed by atoms with E-state index < -0.39 is 11.9 Å². The van der Waals surface area contributed by atoms with Gasteiger partial charge in [-0.3, -0.25) is 4.79 Å². The van der Waals surface area contributed by atoms with Crippen molar-refractivity contribution in [1.29, 1.82) is 0 Å². The SMILES string of the molecule is CC(C)=C(C(=O)O)C(C(=O)Nc1ccccc1)=C(C)c1c(C)c(C)n(-c2ccccc2)c1C. The number of anilines is 1. The first-order valence-corrected chi connectivity index (χ1v) is 10.9. The average molecular weight is 443 g/mol. The first-order valence-electron chi connectivity index (χ1n) is 10.9. The number of aromatic nitrogens is 1. The maximum Gasteiger partial charge on any atom is 0.336 e. The van der Waals surface area contributed by atoms with Crippen LogP contribution in [-0.4, -0.2) is 21.6 Å². The zero-order valence-electron chi connectivity index (χ0n) is 20.0. The standard InChI is InChI=1S/C28H30N2O3/c1-17(2)24(28(32)33)26(27(31)29-22-13-9-7-10-14-22)19(4)25-18(3)20(5)30(21(25)6)23-15-11-8-12-16-23/h7-16H,1-6H3,(H,29,31)(H,32,33). The second-order valence-corrected chi connectivity index (χ2v) is 8.34. The number of para-hydroxylation sites is 2. The van der Waals surface area contributed by atoms with E-state index in [0.717, 1.165) is 28.2 Å². The molecule has 5 nitrogen and oxygen atoms in total. The zero-order chi connectivity index (χ0) is 24.3. The summed E-state index contributed by atoms with van der Waals surface area (Å²) in [6.07, 6.45) is 0. The lowest BCUT2D eigenvalue weighted by Crippen LogP contribution is -2.21. The van der Waals surface area contributed by atoms with E-state index in [4.69, 9.17) is 0 Å². The predicted octanol–water partition coefficient (Wildman–Crippen LogP) is 6.24. The zero-order valence-corrected chi connectivity index (χ0v) is 20.0. The summed E-state index contributed by atoms with van der Waals surface area (Å²) < 4.78 is 2.14. The number of rotatable bonds is 6. The number of nitrogens with zero attached hydrogens (tertiary/aromatic N) is 1. The summed E-state index contributed by atoms with van der Waals surface area (Å²) in [5, 5.41) is 12.9. The molecule has 0 aliphatic rings. The van der Waals surface area contributed by atoms with Gasteiger partial charge in [-0.15, -0.1) is 0 Å². The van der Waals surface area contributed by atoms with Crippen LogP contribution in [0, 0.1) is 20.8 Å². The Morgan fingerprint density at radius 3 is 1.85 bits per heavy atom. The summed E-state index contributed by atoms with van der Waals surface area (Å²) in [5.74, 6) is -1.57. The van der Waals surface area contributed by atoms with Crippen molar-refractivity contribution in [2.45, 2.75) is 41.5 Å². The van der Waals surface area contributed by atoms with E-state index in [0.29, 0.717) is 16.8 Å². The number of hydrogen-bond acceptors (Lipinski definition) is 2. The number of carboxylic acids is 1. The van der Waals surface area contributed by atoms with Crippen LogP contribution in [0.2, 0.25) is 0 Å². The van der Waals surface area contributed by atoms with Crippen LogP contribution in [0.3, 0.4) is 0 Å². The highest BCUT2D eigenvalue weighted by molar-refractivity contribution is 6.18. The van der Waals surface area contributed by atoms with Crippen LogP contribution in [-0.2, 0) is 9.59 Å². The minimum atomic E-state index is -1.12. The number of carbonyl (C=O) groups is 2. The number of nitrogens with one attached hydrogen (secondary N) is 1. The first-order chi connectivity index (χ1) is 15.6. The van der Waals surface area contributed by atoms with Crippen molar-refractivity contribution >= 4 is 23.1 Å². The smallest absolute Gasteiger partial charge is 0.336 e. The van der Waals surface area contributed by atoms with Crippen molar-refractivity contribution in [3.8, 4) is 5.69 Å². The Morgan fingerprint density at radius 1 is 0.788 bits per heavy atom. The fourth-order valence-corrected chi connectivity index (χ4v) is 4.38. The molecular weight excluding hydrogens is 412 g/mol. The topological polar surface area (TPSA) is 71.3 Å². The Balaban J connectivity index is 2.28. The van der Waals surface area contributed by atoms with Crippen molar-refractivity contribution < 1.29 is 14.7 Å². The van der Waals surface area contributed by atoms with E-state index in [1.54, 1.807) is 26.0 Å². The highest BCUT2D eigenvalue weighted by Crippen LogP contribution is 2.35. The maximum absolute atomic E-state index is 13.5. The second kappa shape index (κ2) is 9.74. The van der Waals surface area contributed by atoms with E-state index >= 15 is 0 Å². The highest BCUT2D eigenvalue weighted by atomic mass is 16.4. The molecule has 170 valence electrons. The Hall–Kier alpha value is -3.86. The van der Waals surface area contributed by atoms with Crippen LogP contribution in [0.5, 0.6) is 0 Å². The number of allylic oxidation sites excluding steroid dienone is 2. The van der Waals surface area contributed by atoms with Gasteiger partial charge in [-0.1, -0.05) is 42.0 Å². The molecule has 0 spiro atoms. The van der Waals surface area contributed by atoms with Gasteiger partial charge in [0.1, 0.15) is 0 Å². The van der Waals surface area contributed by atoms with Crippen LogP contribution in [0.4, 0.5) is 5.69 Å². The van der Waals surface area contributed by atoms with Gasteiger partial charge in [-0.25, -0.2) is 4.79 Å². The van der Waals surface area contributed by atoms with Gasteiger partial charge in [0.2, 0.25) is 0 Å². The second-order valence-electron chi connectivity index (χ2n) is 8.34. The summed E-state index contributed by atoms with van der Waals surface area (Å²) in [7, 11) is 0. The van der Waals surface area contributed by atoms with Crippen LogP contribution in [0.15, 0.2) is 77.4 Å². The molecule has 0 bridgehead atoms. The van der Waals surface area contributed by atoms with Gasteiger partial charge in [0.15, 0.2) is 0 Å². The molecule has 2 aromatic carbocycles. The lowest BCUT2D eigenvalue weighted by molar-refractivity contribution is -0.132. The normalized spacial score (nSPS) is 11.6. The quantitative estimate of drug-likeness (QED) is 0.351. The number of benzene rings is 2. The molecule has 0 aliphatic heterocycles. The number of hydrogen-bond donors (Lipinski definition) is 2. The summed E-state index contributed by atoms with van der Waals surface area (Å²) in [4.78, 5) is 25.8. The van der Waals surface area contributed by atoms with E-state index in [-0.39, 0.29) is 11.1 Å². The summed E-state index contributed by atoms with van der Waals surface area (Å²) in [6.45, 7) is 11.3. The fourth-order valence-electron chi connectivity index (χ4n) is 4.38. The lowest BCUT2D eigenvalue weighted by atomic mass is 9.90. The minimum Gasteiger partial charge on any atom is -0.478 e. The molecule has 1 aromatic heterocycles. The van der Waals surface area contributed by atoms with Gasteiger partial charge < -0.3 is 15.0 Å². The number of amides is 1. The van der Waals surface area contributed by atoms with E-state index in [2.05, 4.69) is 9.88 Å². The molecule has 0 aliphatic carbocycles. The third-order valence-corrected chi connectivity index (χ3v) is 5.94. The number of carbonyl (C=O) groups excluding carboxylic acids is 1. The Morgan fingerprint density at radius 2 is 1.33 bits per heavy atom. The van der Waals surface area contributed by atoms with Gasteiger partial charge in [-0.05, 0) is 76.9 Å². The molecule has 0 unspecified atom stereocenters. The van der Waals surface area contributed by atoms with Crippen molar-refractivity contribution in [2.24, 2.45) is 0 Å². The lowest BCUT2D eigenvalue weighted by Gasteiger charge is -2.16. The summed E-state index contributed by atoms with van der Waals surface area (Å²) >= 11 is 0. The predicted molar refractivity (Wildman–Crippen MR) is 134 cm³/mol. The van der Waals surface area contributed by atoms with E-state index in [1.165, 1.54) is 0 Å². The molecule has 0 saturated heterocycles. The van der Waals surface area contributed by atoms with Crippen LogP contribution < -0.4 is 5.32 Å². The molecule has 1 amide bonds.